The molecule has 1 unspecified atom stereocenters. The van der Waals surface area contributed by atoms with E-state index in [4.69, 9.17) is 4.74 Å². The molecule has 182 valence electrons. The molecule has 0 fully saturated rings. The molecule has 2 amide bonds. The van der Waals surface area contributed by atoms with Crippen LogP contribution in [-0.2, 0) is 27.3 Å². The van der Waals surface area contributed by atoms with E-state index in [1.807, 2.05) is 91.9 Å². The molecule has 1 atom stereocenters. The van der Waals surface area contributed by atoms with Gasteiger partial charge in [0.15, 0.2) is 0 Å². The molecule has 0 saturated carbocycles. The lowest BCUT2D eigenvalue weighted by molar-refractivity contribution is -0.143. The Labute approximate surface area is 208 Å². The van der Waals surface area contributed by atoms with Gasteiger partial charge in [-0.2, -0.15) is 0 Å². The number of likely N-dealkylation sites (N-methyl/N-ethyl adjacent to an activating group) is 1. The van der Waals surface area contributed by atoms with Crippen LogP contribution in [0.1, 0.15) is 22.3 Å². The summed E-state index contributed by atoms with van der Waals surface area (Å²) in [6, 6.07) is 26.9. The molecule has 3 rings (SSSR count). The third-order valence-corrected chi connectivity index (χ3v) is 5.91. The molecule has 5 heteroatoms. The predicted molar refractivity (Wildman–Crippen MR) is 141 cm³/mol. The molecule has 0 aliphatic heterocycles. The average Bonchev–Trinajstić information content (AvgIpc) is 2.89. The highest BCUT2D eigenvalue weighted by Gasteiger charge is 2.31. The number of carbonyl (C=O) groups excluding carboxylic acids is 2. The molecule has 0 heterocycles. The molecule has 3 aromatic carbocycles. The summed E-state index contributed by atoms with van der Waals surface area (Å²) in [6.07, 6.45) is 3.79. The fourth-order valence-electron chi connectivity index (χ4n) is 3.82. The van der Waals surface area contributed by atoms with Crippen LogP contribution in [0.5, 0.6) is 0 Å². The van der Waals surface area contributed by atoms with Gasteiger partial charge in [0.25, 0.3) is 0 Å². The van der Waals surface area contributed by atoms with Crippen molar-refractivity contribution < 1.29 is 14.3 Å². The molecular formula is C30H34N2O3. The van der Waals surface area contributed by atoms with E-state index in [0.29, 0.717) is 26.1 Å². The first-order valence-corrected chi connectivity index (χ1v) is 11.8. The fourth-order valence-corrected chi connectivity index (χ4v) is 3.82. The lowest BCUT2D eigenvalue weighted by Gasteiger charge is -2.33. The van der Waals surface area contributed by atoms with E-state index in [2.05, 4.69) is 0 Å². The number of methoxy groups -OCH3 is 1. The van der Waals surface area contributed by atoms with Crippen molar-refractivity contribution in [2.45, 2.75) is 25.9 Å². The number of amides is 2. The molecule has 0 radical (unpaired) electrons. The van der Waals surface area contributed by atoms with E-state index < -0.39 is 6.04 Å². The molecule has 0 saturated heterocycles. The Balaban J connectivity index is 1.95. The van der Waals surface area contributed by atoms with Crippen LogP contribution in [0.2, 0.25) is 0 Å². The lowest BCUT2D eigenvalue weighted by Crippen LogP contribution is -2.51. The quantitative estimate of drug-likeness (QED) is 0.380. The Hall–Kier alpha value is -3.70. The highest BCUT2D eigenvalue weighted by molar-refractivity contribution is 5.95. The zero-order valence-corrected chi connectivity index (χ0v) is 20.8. The van der Waals surface area contributed by atoms with Gasteiger partial charge in [-0.05, 0) is 29.7 Å². The molecule has 0 aliphatic carbocycles. The maximum absolute atomic E-state index is 13.7. The van der Waals surface area contributed by atoms with Crippen molar-refractivity contribution in [3.8, 4) is 0 Å². The van der Waals surface area contributed by atoms with Gasteiger partial charge in [-0.25, -0.2) is 0 Å². The topological polar surface area (TPSA) is 49.9 Å². The molecule has 35 heavy (non-hydrogen) atoms. The van der Waals surface area contributed by atoms with Crippen LogP contribution in [0.15, 0.2) is 91.0 Å². The van der Waals surface area contributed by atoms with Gasteiger partial charge in [0.1, 0.15) is 6.04 Å². The minimum Gasteiger partial charge on any atom is -0.383 e. The Bertz CT molecular complexity index is 1100. The molecule has 0 aliphatic rings. The molecule has 0 aromatic heterocycles. The smallest absolute Gasteiger partial charge is 0.247 e. The SMILES string of the molecule is COCCN(C)C(=O)C(Cc1ccccc1)N(Cc1ccccc1)C(=O)C=Cc1ccc(C)cc1. The van der Waals surface area contributed by atoms with Crippen LogP contribution in [0, 0.1) is 6.92 Å². The highest BCUT2D eigenvalue weighted by Crippen LogP contribution is 2.17. The number of carbonyl (C=O) groups is 2. The first-order chi connectivity index (χ1) is 17.0. The summed E-state index contributed by atoms with van der Waals surface area (Å²) >= 11 is 0. The number of aryl methyl sites for hydroxylation is 1. The standard InChI is InChI=1S/C30H34N2O3/c1-24-14-16-25(17-15-24)18-19-29(33)32(23-27-12-8-5-9-13-27)28(22-26-10-6-4-7-11-26)30(34)31(2)20-21-35-3/h4-19,28H,20-23H2,1-3H3. The van der Waals surface area contributed by atoms with Gasteiger partial charge in [-0.15, -0.1) is 0 Å². The summed E-state index contributed by atoms with van der Waals surface area (Å²) in [5, 5.41) is 0. The van der Waals surface area contributed by atoms with Gasteiger partial charge < -0.3 is 14.5 Å². The van der Waals surface area contributed by atoms with E-state index in [1.165, 1.54) is 0 Å². The summed E-state index contributed by atoms with van der Waals surface area (Å²) in [5.41, 5.74) is 4.06. The minimum absolute atomic E-state index is 0.112. The Morgan fingerprint density at radius 2 is 1.49 bits per heavy atom. The van der Waals surface area contributed by atoms with E-state index in [0.717, 1.165) is 22.3 Å². The van der Waals surface area contributed by atoms with Crippen LogP contribution in [0.4, 0.5) is 0 Å². The summed E-state index contributed by atoms with van der Waals surface area (Å²) < 4.78 is 5.17. The zero-order chi connectivity index (χ0) is 25.0. The van der Waals surface area contributed by atoms with Crippen molar-refractivity contribution in [2.24, 2.45) is 0 Å². The van der Waals surface area contributed by atoms with Crippen LogP contribution in [0.25, 0.3) is 6.08 Å². The number of ether oxygens (including phenoxy) is 1. The molecule has 0 spiro atoms. The summed E-state index contributed by atoms with van der Waals surface area (Å²) in [4.78, 5) is 30.6. The predicted octanol–water partition coefficient (Wildman–Crippen LogP) is 4.75. The first kappa shape index (κ1) is 25.9. The van der Waals surface area contributed by atoms with Crippen molar-refractivity contribution in [3.63, 3.8) is 0 Å². The van der Waals surface area contributed by atoms with Gasteiger partial charge in [0.05, 0.1) is 6.61 Å². The third kappa shape index (κ3) is 7.94. The van der Waals surface area contributed by atoms with Crippen LogP contribution >= 0.6 is 0 Å². The van der Waals surface area contributed by atoms with Crippen LogP contribution in [-0.4, -0.2) is 55.0 Å². The van der Waals surface area contributed by atoms with Gasteiger partial charge in [-0.1, -0.05) is 90.5 Å². The lowest BCUT2D eigenvalue weighted by atomic mass is 10.0. The van der Waals surface area contributed by atoms with Crippen molar-refractivity contribution in [1.82, 2.24) is 9.80 Å². The van der Waals surface area contributed by atoms with E-state index in [1.54, 1.807) is 36.1 Å². The molecule has 0 bridgehead atoms. The van der Waals surface area contributed by atoms with Crippen molar-refractivity contribution in [1.29, 1.82) is 0 Å². The number of hydrogen-bond donors (Lipinski definition) is 0. The highest BCUT2D eigenvalue weighted by atomic mass is 16.5. The normalized spacial score (nSPS) is 11.9. The Morgan fingerprint density at radius 3 is 2.09 bits per heavy atom. The Morgan fingerprint density at radius 1 is 0.886 bits per heavy atom. The number of hydrogen-bond acceptors (Lipinski definition) is 3. The minimum atomic E-state index is -0.658. The number of rotatable bonds is 11. The Kier molecular flexibility index (Phi) is 9.81. The maximum atomic E-state index is 13.7. The third-order valence-electron chi connectivity index (χ3n) is 5.91. The average molecular weight is 471 g/mol. The second kappa shape index (κ2) is 13.3. The van der Waals surface area contributed by atoms with E-state index in [-0.39, 0.29) is 11.8 Å². The van der Waals surface area contributed by atoms with Gasteiger partial charge in [0.2, 0.25) is 11.8 Å². The van der Waals surface area contributed by atoms with Gasteiger partial charge >= 0.3 is 0 Å². The fraction of sp³-hybridized carbons (Fsp3) is 0.267. The molecule has 0 N–H and O–H groups in total. The van der Waals surface area contributed by atoms with Crippen molar-refractivity contribution >= 4 is 17.9 Å². The maximum Gasteiger partial charge on any atom is 0.247 e. The van der Waals surface area contributed by atoms with Crippen molar-refractivity contribution in [3.05, 3.63) is 113 Å². The summed E-state index contributed by atoms with van der Waals surface area (Å²) in [6.45, 7) is 3.24. The van der Waals surface area contributed by atoms with Gasteiger partial charge in [-0.3, -0.25) is 9.59 Å². The number of benzene rings is 3. The monoisotopic (exact) mass is 470 g/mol. The largest absolute Gasteiger partial charge is 0.383 e. The summed E-state index contributed by atoms with van der Waals surface area (Å²) in [5.74, 6) is -0.317. The molecule has 5 nitrogen and oxygen atoms in total. The van der Waals surface area contributed by atoms with Crippen LogP contribution in [0.3, 0.4) is 0 Å². The first-order valence-electron chi connectivity index (χ1n) is 11.8. The van der Waals surface area contributed by atoms with Crippen LogP contribution < -0.4 is 0 Å². The zero-order valence-electron chi connectivity index (χ0n) is 20.8. The van der Waals surface area contributed by atoms with Gasteiger partial charge in [0, 0.05) is 39.7 Å². The second-order valence-corrected chi connectivity index (χ2v) is 8.65. The molecular weight excluding hydrogens is 436 g/mol. The molecule has 3 aromatic rings. The van der Waals surface area contributed by atoms with E-state index >= 15 is 0 Å². The number of nitrogens with zero attached hydrogens (tertiary/aromatic N) is 2. The second-order valence-electron chi connectivity index (χ2n) is 8.65. The van der Waals surface area contributed by atoms with E-state index in [9.17, 15) is 9.59 Å². The summed E-state index contributed by atoms with van der Waals surface area (Å²) in [7, 11) is 3.37. The van der Waals surface area contributed by atoms with Crippen molar-refractivity contribution in [2.75, 3.05) is 27.3 Å².